The van der Waals surface area contributed by atoms with Crippen molar-refractivity contribution in [2.45, 2.75) is 44.8 Å². The number of allylic oxidation sites excluding steroid dienone is 2. The van der Waals surface area contributed by atoms with E-state index < -0.39 is 11.4 Å². The number of carbonyl (C=O) groups is 1. The van der Waals surface area contributed by atoms with Crippen molar-refractivity contribution in [2.75, 3.05) is 0 Å². The molecule has 2 bridgehead atoms. The smallest absolute Gasteiger partial charge is 0.312 e. The number of carboxylic acids is 1. The quantitative estimate of drug-likeness (QED) is 0.702. The number of hydrogen-bond acceptors (Lipinski definition) is 2. The van der Waals surface area contributed by atoms with Gasteiger partial charge in [0, 0.05) is 0 Å². The summed E-state index contributed by atoms with van der Waals surface area (Å²) in [6.07, 6.45) is 7.25. The van der Waals surface area contributed by atoms with Crippen molar-refractivity contribution >= 4 is 5.97 Å². The average Bonchev–Trinajstić information content (AvgIpc) is 2.74. The first-order valence-corrected chi connectivity index (χ1v) is 5.19. The maximum absolute atomic E-state index is 11.3. The third-order valence-corrected chi connectivity index (χ3v) is 3.46. The number of fused-ring (bicyclic) bond motifs is 2. The highest BCUT2D eigenvalue weighted by Gasteiger charge is 2.56. The number of aliphatic carboxylic acids is 1. The van der Waals surface area contributed by atoms with Crippen molar-refractivity contribution < 1.29 is 14.6 Å². The number of ether oxygens (including phenoxy) is 1. The summed E-state index contributed by atoms with van der Waals surface area (Å²) in [5, 5.41) is 9.30. The summed E-state index contributed by atoms with van der Waals surface area (Å²) in [6.45, 7) is 1.92. The zero-order chi connectivity index (χ0) is 10.2. The van der Waals surface area contributed by atoms with E-state index in [1.807, 2.05) is 19.1 Å². The van der Waals surface area contributed by atoms with Gasteiger partial charge in [-0.25, -0.2) is 0 Å². The highest BCUT2D eigenvalue weighted by atomic mass is 16.5. The molecule has 0 aromatic heterocycles. The lowest BCUT2D eigenvalue weighted by molar-refractivity contribution is -0.152. The zero-order valence-electron chi connectivity index (χ0n) is 8.40. The summed E-state index contributed by atoms with van der Waals surface area (Å²) in [6, 6.07) is 0. The molecule has 2 saturated heterocycles. The molecular weight excluding hydrogens is 180 g/mol. The van der Waals surface area contributed by atoms with Crippen LogP contribution in [-0.2, 0) is 9.53 Å². The minimum absolute atomic E-state index is 0.0544. The molecule has 3 nitrogen and oxygen atoms in total. The van der Waals surface area contributed by atoms with Gasteiger partial charge in [0.05, 0.1) is 17.6 Å². The first-order valence-electron chi connectivity index (χ1n) is 5.19. The predicted octanol–water partition coefficient (Wildman–Crippen LogP) is 1.97. The lowest BCUT2D eigenvalue weighted by Gasteiger charge is -2.29. The second kappa shape index (κ2) is 3.39. The normalized spacial score (nSPS) is 40.9. The second-order valence-electron chi connectivity index (χ2n) is 4.26. The first-order chi connectivity index (χ1) is 6.69. The van der Waals surface area contributed by atoms with Gasteiger partial charge >= 0.3 is 5.97 Å². The molecule has 3 atom stereocenters. The van der Waals surface area contributed by atoms with E-state index in [1.54, 1.807) is 0 Å². The van der Waals surface area contributed by atoms with Gasteiger partial charge in [-0.15, -0.1) is 0 Å². The van der Waals surface area contributed by atoms with Crippen LogP contribution in [0.15, 0.2) is 12.2 Å². The minimum Gasteiger partial charge on any atom is -0.481 e. The number of rotatable bonds is 3. The number of carboxylic acid groups (broad SMARTS) is 1. The van der Waals surface area contributed by atoms with Crippen LogP contribution >= 0.6 is 0 Å². The molecule has 0 amide bonds. The monoisotopic (exact) mass is 196 g/mol. The Kier molecular flexibility index (Phi) is 2.35. The Morgan fingerprint density at radius 1 is 1.64 bits per heavy atom. The molecule has 78 valence electrons. The lowest BCUT2D eigenvalue weighted by Crippen LogP contribution is -2.39. The lowest BCUT2D eigenvalue weighted by atomic mass is 9.71. The summed E-state index contributed by atoms with van der Waals surface area (Å²) < 4.78 is 5.63. The Morgan fingerprint density at radius 2 is 2.43 bits per heavy atom. The van der Waals surface area contributed by atoms with Crippen LogP contribution < -0.4 is 0 Å². The van der Waals surface area contributed by atoms with Gasteiger partial charge < -0.3 is 9.84 Å². The van der Waals surface area contributed by atoms with Crippen molar-refractivity contribution in [3.63, 3.8) is 0 Å². The molecule has 0 aromatic rings. The summed E-state index contributed by atoms with van der Waals surface area (Å²) in [4.78, 5) is 11.3. The van der Waals surface area contributed by atoms with Crippen LogP contribution in [0.3, 0.4) is 0 Å². The molecular formula is C11H16O3. The van der Waals surface area contributed by atoms with Crippen LogP contribution in [0.1, 0.15) is 32.6 Å². The van der Waals surface area contributed by atoms with E-state index in [1.165, 1.54) is 0 Å². The second-order valence-corrected chi connectivity index (χ2v) is 4.26. The molecule has 2 heterocycles. The molecule has 3 unspecified atom stereocenters. The third kappa shape index (κ3) is 1.27. The molecule has 0 aromatic carbocycles. The molecule has 14 heavy (non-hydrogen) atoms. The molecule has 2 fully saturated rings. The van der Waals surface area contributed by atoms with E-state index in [9.17, 15) is 9.90 Å². The van der Waals surface area contributed by atoms with Gasteiger partial charge in [0.2, 0.25) is 0 Å². The van der Waals surface area contributed by atoms with Gasteiger partial charge in [0.25, 0.3) is 0 Å². The number of hydrogen-bond donors (Lipinski definition) is 1. The summed E-state index contributed by atoms with van der Waals surface area (Å²) in [5.74, 6) is -0.692. The van der Waals surface area contributed by atoms with Crippen molar-refractivity contribution in [3.8, 4) is 0 Å². The largest absolute Gasteiger partial charge is 0.481 e. The van der Waals surface area contributed by atoms with Gasteiger partial charge in [0.1, 0.15) is 0 Å². The third-order valence-electron chi connectivity index (χ3n) is 3.46. The van der Waals surface area contributed by atoms with Gasteiger partial charge in [-0.1, -0.05) is 12.2 Å². The van der Waals surface area contributed by atoms with Crippen LogP contribution in [0.2, 0.25) is 0 Å². The Balaban J connectivity index is 2.19. The topological polar surface area (TPSA) is 46.5 Å². The van der Waals surface area contributed by atoms with E-state index in [-0.39, 0.29) is 12.2 Å². The standard InChI is InChI=1S/C11H16O3/c1-2-3-6-11(10(12)13)7-8-4-5-9(11)14-8/h2-3,8-9H,4-7H2,1H3,(H,12,13). The molecule has 0 spiro atoms. The van der Waals surface area contributed by atoms with Gasteiger partial charge in [0.15, 0.2) is 0 Å². The molecule has 2 rings (SSSR count). The van der Waals surface area contributed by atoms with Gasteiger partial charge in [-0.3, -0.25) is 4.79 Å². The molecule has 1 N–H and O–H groups in total. The Bertz CT molecular complexity index is 272. The fourth-order valence-electron chi connectivity index (χ4n) is 2.66. The van der Waals surface area contributed by atoms with Crippen molar-refractivity contribution in [3.05, 3.63) is 12.2 Å². The maximum atomic E-state index is 11.3. The summed E-state index contributed by atoms with van der Waals surface area (Å²) >= 11 is 0. The molecule has 0 radical (unpaired) electrons. The molecule has 2 aliphatic rings. The summed E-state index contributed by atoms with van der Waals surface area (Å²) in [7, 11) is 0. The summed E-state index contributed by atoms with van der Waals surface area (Å²) in [5.41, 5.74) is -0.630. The first kappa shape index (κ1) is 9.71. The molecule has 0 saturated carbocycles. The van der Waals surface area contributed by atoms with Crippen LogP contribution in [0.5, 0.6) is 0 Å². The SMILES string of the molecule is CC=CCC1(C(=O)O)CC2CCC1O2. The van der Waals surface area contributed by atoms with E-state index in [0.717, 1.165) is 12.8 Å². The highest BCUT2D eigenvalue weighted by Crippen LogP contribution is 2.50. The van der Waals surface area contributed by atoms with Crippen LogP contribution in [-0.4, -0.2) is 23.3 Å². The highest BCUT2D eigenvalue weighted by molar-refractivity contribution is 5.76. The van der Waals surface area contributed by atoms with Crippen molar-refractivity contribution in [2.24, 2.45) is 5.41 Å². The van der Waals surface area contributed by atoms with Crippen LogP contribution in [0.25, 0.3) is 0 Å². The van der Waals surface area contributed by atoms with Crippen molar-refractivity contribution in [1.82, 2.24) is 0 Å². The molecule has 0 aliphatic carbocycles. The maximum Gasteiger partial charge on any atom is 0.312 e. The minimum atomic E-state index is -0.692. The van der Waals surface area contributed by atoms with Gasteiger partial charge in [-0.2, -0.15) is 0 Å². The average molecular weight is 196 g/mol. The van der Waals surface area contributed by atoms with Crippen molar-refractivity contribution in [1.29, 1.82) is 0 Å². The van der Waals surface area contributed by atoms with Crippen LogP contribution in [0, 0.1) is 5.41 Å². The Morgan fingerprint density at radius 3 is 2.86 bits per heavy atom. The van der Waals surface area contributed by atoms with E-state index in [4.69, 9.17) is 4.74 Å². The zero-order valence-corrected chi connectivity index (χ0v) is 8.40. The van der Waals surface area contributed by atoms with E-state index in [0.29, 0.717) is 12.8 Å². The molecule has 2 aliphatic heterocycles. The van der Waals surface area contributed by atoms with Crippen LogP contribution in [0.4, 0.5) is 0 Å². The Labute approximate surface area is 83.8 Å². The van der Waals surface area contributed by atoms with E-state index in [2.05, 4.69) is 0 Å². The predicted molar refractivity (Wildman–Crippen MR) is 52.0 cm³/mol. The fraction of sp³-hybridized carbons (Fsp3) is 0.727. The van der Waals surface area contributed by atoms with E-state index >= 15 is 0 Å². The Hall–Kier alpha value is -0.830. The molecule has 3 heteroatoms. The fourth-order valence-corrected chi connectivity index (χ4v) is 2.66. The van der Waals surface area contributed by atoms with Gasteiger partial charge in [-0.05, 0) is 32.6 Å².